The van der Waals surface area contributed by atoms with Crippen molar-refractivity contribution in [2.75, 3.05) is 30.4 Å². The van der Waals surface area contributed by atoms with E-state index in [1.54, 1.807) is 13.2 Å². The van der Waals surface area contributed by atoms with Gasteiger partial charge in [-0.2, -0.15) is 0 Å². The van der Waals surface area contributed by atoms with Gasteiger partial charge in [-0.05, 0) is 49.2 Å². The molecule has 5 heteroatoms. The minimum atomic E-state index is -0.435. The van der Waals surface area contributed by atoms with Crippen LogP contribution in [-0.4, -0.2) is 26.1 Å². The maximum absolute atomic E-state index is 13.3. The molecule has 3 rings (SSSR count). The average Bonchev–Trinajstić information content (AvgIpc) is 3.09. The Morgan fingerprint density at radius 2 is 1.96 bits per heavy atom. The van der Waals surface area contributed by atoms with E-state index in [1.807, 2.05) is 18.2 Å². The molecule has 0 unspecified atom stereocenters. The van der Waals surface area contributed by atoms with Crippen LogP contribution in [-0.2, 0) is 0 Å². The zero-order valence-corrected chi connectivity index (χ0v) is 13.0. The van der Waals surface area contributed by atoms with Crippen LogP contribution in [0.4, 0.5) is 15.8 Å². The quantitative estimate of drug-likeness (QED) is 0.936. The molecule has 1 aliphatic rings. The van der Waals surface area contributed by atoms with Crippen molar-refractivity contribution < 1.29 is 13.9 Å². The summed E-state index contributed by atoms with van der Waals surface area (Å²) in [4.78, 5) is 14.6. The van der Waals surface area contributed by atoms with Crippen molar-refractivity contribution in [1.29, 1.82) is 0 Å². The van der Waals surface area contributed by atoms with Gasteiger partial charge >= 0.3 is 0 Å². The summed E-state index contributed by atoms with van der Waals surface area (Å²) in [6.07, 6.45) is 2.36. The summed E-state index contributed by atoms with van der Waals surface area (Å²) in [5.74, 6) is -0.213. The largest absolute Gasteiger partial charge is 0.495 e. The summed E-state index contributed by atoms with van der Waals surface area (Å²) in [5.41, 5.74) is 1.92. The maximum atomic E-state index is 13.3. The molecule has 0 atom stereocenters. The topological polar surface area (TPSA) is 41.6 Å². The summed E-state index contributed by atoms with van der Waals surface area (Å²) in [6, 6.07) is 11.4. The molecule has 1 saturated heterocycles. The van der Waals surface area contributed by atoms with Gasteiger partial charge in [0.15, 0.2) is 0 Å². The van der Waals surface area contributed by atoms with Crippen LogP contribution >= 0.6 is 0 Å². The number of carbonyl (C=O) groups excluding carboxylic acids is 1. The first-order chi connectivity index (χ1) is 11.2. The number of carbonyl (C=O) groups is 1. The number of hydrogen-bond donors (Lipinski definition) is 1. The Morgan fingerprint density at radius 3 is 2.65 bits per heavy atom. The molecule has 1 aliphatic heterocycles. The van der Waals surface area contributed by atoms with Crippen LogP contribution in [0.15, 0.2) is 42.5 Å². The number of benzene rings is 2. The fraction of sp³-hybridized carbons (Fsp3) is 0.278. The third kappa shape index (κ3) is 3.44. The maximum Gasteiger partial charge on any atom is 0.255 e. The van der Waals surface area contributed by atoms with Crippen molar-refractivity contribution >= 4 is 17.3 Å². The van der Waals surface area contributed by atoms with Crippen LogP contribution in [0.25, 0.3) is 0 Å². The predicted octanol–water partition coefficient (Wildman–Crippen LogP) is 3.69. The molecule has 0 saturated carbocycles. The fourth-order valence-corrected chi connectivity index (χ4v) is 2.79. The van der Waals surface area contributed by atoms with Crippen molar-refractivity contribution in [3.05, 3.63) is 53.8 Å². The molecule has 4 nitrogen and oxygen atoms in total. The van der Waals surface area contributed by atoms with Crippen molar-refractivity contribution in [1.82, 2.24) is 0 Å². The van der Waals surface area contributed by atoms with Crippen molar-refractivity contribution in [3.8, 4) is 5.75 Å². The SMILES string of the molecule is COc1ccc(N2CCCC2)cc1NC(=O)c1cccc(F)c1. The molecule has 0 spiro atoms. The van der Waals surface area contributed by atoms with E-state index in [0.29, 0.717) is 11.4 Å². The van der Waals surface area contributed by atoms with Gasteiger partial charge in [0, 0.05) is 24.3 Å². The van der Waals surface area contributed by atoms with Gasteiger partial charge in [0.2, 0.25) is 0 Å². The Morgan fingerprint density at radius 1 is 1.17 bits per heavy atom. The summed E-state index contributed by atoms with van der Waals surface area (Å²) < 4.78 is 18.6. The molecule has 0 aliphatic carbocycles. The first kappa shape index (κ1) is 15.3. The molecule has 0 radical (unpaired) electrons. The normalized spacial score (nSPS) is 13.9. The molecule has 1 amide bonds. The van der Waals surface area contributed by atoms with Gasteiger partial charge in [-0.15, -0.1) is 0 Å². The molecule has 0 aromatic heterocycles. The monoisotopic (exact) mass is 314 g/mol. The Kier molecular flexibility index (Phi) is 4.46. The number of hydrogen-bond acceptors (Lipinski definition) is 3. The standard InChI is InChI=1S/C18H19FN2O2/c1-23-17-8-7-15(21-9-2-3-10-21)12-16(17)20-18(22)13-5-4-6-14(19)11-13/h4-8,11-12H,2-3,9-10H2,1H3,(H,20,22). The predicted molar refractivity (Wildman–Crippen MR) is 88.8 cm³/mol. The number of nitrogens with one attached hydrogen (secondary N) is 1. The van der Waals surface area contributed by atoms with Gasteiger partial charge in [0.25, 0.3) is 5.91 Å². The molecule has 1 heterocycles. The Bertz CT molecular complexity index is 712. The third-order valence-electron chi connectivity index (χ3n) is 3.99. The van der Waals surface area contributed by atoms with Crippen LogP contribution in [0.3, 0.4) is 0 Å². The smallest absolute Gasteiger partial charge is 0.255 e. The van der Waals surface area contributed by atoms with Gasteiger partial charge < -0.3 is 15.0 Å². The zero-order valence-electron chi connectivity index (χ0n) is 13.0. The lowest BCUT2D eigenvalue weighted by Gasteiger charge is -2.20. The fourth-order valence-electron chi connectivity index (χ4n) is 2.79. The lowest BCUT2D eigenvalue weighted by molar-refractivity contribution is 0.102. The minimum Gasteiger partial charge on any atom is -0.495 e. The molecule has 120 valence electrons. The lowest BCUT2D eigenvalue weighted by Crippen LogP contribution is -2.18. The molecule has 23 heavy (non-hydrogen) atoms. The van der Waals surface area contributed by atoms with E-state index >= 15 is 0 Å². The Hall–Kier alpha value is -2.56. The van der Waals surface area contributed by atoms with Crippen molar-refractivity contribution in [3.63, 3.8) is 0 Å². The Labute approximate surface area is 134 Å². The number of ether oxygens (including phenoxy) is 1. The zero-order chi connectivity index (χ0) is 16.2. The second-order valence-corrected chi connectivity index (χ2v) is 5.54. The molecular formula is C18H19FN2O2. The second kappa shape index (κ2) is 6.69. The van der Waals surface area contributed by atoms with E-state index in [-0.39, 0.29) is 11.5 Å². The minimum absolute atomic E-state index is 0.277. The molecule has 2 aromatic rings. The number of halogens is 1. The van der Waals surface area contributed by atoms with Crippen LogP contribution in [0.1, 0.15) is 23.2 Å². The van der Waals surface area contributed by atoms with E-state index in [4.69, 9.17) is 4.74 Å². The Balaban J connectivity index is 1.85. The summed E-state index contributed by atoms with van der Waals surface area (Å²) in [5, 5.41) is 2.81. The molecule has 2 aromatic carbocycles. The summed E-state index contributed by atoms with van der Waals surface area (Å²) >= 11 is 0. The molecule has 1 fully saturated rings. The van der Waals surface area contributed by atoms with Gasteiger partial charge in [-0.25, -0.2) is 4.39 Å². The van der Waals surface area contributed by atoms with Gasteiger partial charge in [0.05, 0.1) is 12.8 Å². The van der Waals surface area contributed by atoms with E-state index < -0.39 is 5.82 Å². The molecular weight excluding hydrogens is 295 g/mol. The highest BCUT2D eigenvalue weighted by Gasteiger charge is 2.16. The number of anilines is 2. The van der Waals surface area contributed by atoms with Gasteiger partial charge in [0.1, 0.15) is 11.6 Å². The lowest BCUT2D eigenvalue weighted by atomic mass is 10.2. The highest BCUT2D eigenvalue weighted by molar-refractivity contribution is 6.05. The molecule has 1 N–H and O–H groups in total. The number of nitrogens with zero attached hydrogens (tertiary/aromatic N) is 1. The number of methoxy groups -OCH3 is 1. The van der Waals surface area contributed by atoms with E-state index in [1.165, 1.54) is 31.0 Å². The van der Waals surface area contributed by atoms with Gasteiger partial charge in [-0.1, -0.05) is 6.07 Å². The third-order valence-corrected chi connectivity index (χ3v) is 3.99. The summed E-state index contributed by atoms with van der Waals surface area (Å²) in [7, 11) is 1.56. The van der Waals surface area contributed by atoms with E-state index in [9.17, 15) is 9.18 Å². The van der Waals surface area contributed by atoms with Crippen molar-refractivity contribution in [2.24, 2.45) is 0 Å². The van der Waals surface area contributed by atoms with Crippen molar-refractivity contribution in [2.45, 2.75) is 12.8 Å². The van der Waals surface area contributed by atoms with Crippen LogP contribution in [0.2, 0.25) is 0 Å². The first-order valence-corrected chi connectivity index (χ1v) is 7.67. The second-order valence-electron chi connectivity index (χ2n) is 5.54. The first-order valence-electron chi connectivity index (χ1n) is 7.67. The van der Waals surface area contributed by atoms with Crippen LogP contribution in [0, 0.1) is 5.82 Å². The highest BCUT2D eigenvalue weighted by Crippen LogP contribution is 2.31. The number of rotatable bonds is 4. The number of amides is 1. The van der Waals surface area contributed by atoms with Crippen LogP contribution in [0.5, 0.6) is 5.75 Å². The van der Waals surface area contributed by atoms with E-state index in [0.717, 1.165) is 18.8 Å². The highest BCUT2D eigenvalue weighted by atomic mass is 19.1. The summed E-state index contributed by atoms with van der Waals surface area (Å²) in [6.45, 7) is 2.03. The van der Waals surface area contributed by atoms with Gasteiger partial charge in [-0.3, -0.25) is 4.79 Å². The molecule has 0 bridgehead atoms. The average molecular weight is 314 g/mol. The van der Waals surface area contributed by atoms with Crippen LogP contribution < -0.4 is 15.0 Å². The van der Waals surface area contributed by atoms with E-state index in [2.05, 4.69) is 10.2 Å².